The molecule has 1 aliphatic rings. The fourth-order valence-corrected chi connectivity index (χ4v) is 3.85. The molecule has 1 fully saturated rings. The van der Waals surface area contributed by atoms with E-state index >= 15 is 0 Å². The number of aliphatic hydroxyl groups excluding tert-OH is 1. The van der Waals surface area contributed by atoms with E-state index in [1.165, 1.54) is 9.80 Å². The number of carbonyl (C=O) groups excluding carboxylic acids is 2. The topological polar surface area (TPSA) is 107 Å². The minimum Gasteiger partial charge on any atom is -0.482 e. The number of carboxylic acids is 1. The van der Waals surface area contributed by atoms with Gasteiger partial charge in [0, 0.05) is 23.6 Å². The van der Waals surface area contributed by atoms with Crippen molar-refractivity contribution in [2.75, 3.05) is 18.1 Å². The first-order chi connectivity index (χ1) is 15.5. The maximum atomic E-state index is 13.2. The summed E-state index contributed by atoms with van der Waals surface area (Å²) in [5, 5.41) is 18.5. The van der Waals surface area contributed by atoms with Crippen LogP contribution in [0.2, 0.25) is 0 Å². The second kappa shape index (κ2) is 9.62. The highest BCUT2D eigenvalue weighted by Gasteiger charge is 2.46. The van der Waals surface area contributed by atoms with Gasteiger partial charge in [0.15, 0.2) is 6.61 Å². The molecule has 8 nitrogen and oxygen atoms in total. The van der Waals surface area contributed by atoms with Crippen molar-refractivity contribution in [2.45, 2.75) is 51.6 Å². The molecule has 3 amide bonds. The second-order valence-electron chi connectivity index (χ2n) is 9.09. The Balaban J connectivity index is 1.93. The fraction of sp³-hybridized carbons (Fsp3) is 0.400. The van der Waals surface area contributed by atoms with E-state index in [4.69, 9.17) is 9.84 Å². The minimum atomic E-state index is -1.08. The molecular formula is C25H30N2O6. The van der Waals surface area contributed by atoms with Gasteiger partial charge in [-0.05, 0) is 49.2 Å². The van der Waals surface area contributed by atoms with Gasteiger partial charge in [0.25, 0.3) is 5.91 Å². The number of benzene rings is 2. The van der Waals surface area contributed by atoms with Crippen LogP contribution in [0.1, 0.15) is 38.8 Å². The average molecular weight is 455 g/mol. The molecule has 1 saturated heterocycles. The number of anilines is 1. The molecule has 3 rings (SSSR count). The van der Waals surface area contributed by atoms with Crippen LogP contribution in [0.3, 0.4) is 0 Å². The molecule has 1 atom stereocenters. The molecule has 8 heteroatoms. The molecule has 2 aromatic carbocycles. The van der Waals surface area contributed by atoms with Gasteiger partial charge in [-0.15, -0.1) is 0 Å². The van der Waals surface area contributed by atoms with Gasteiger partial charge in [-0.2, -0.15) is 0 Å². The summed E-state index contributed by atoms with van der Waals surface area (Å²) < 4.78 is 5.25. The number of imide groups is 1. The molecule has 0 spiro atoms. The summed E-state index contributed by atoms with van der Waals surface area (Å²) in [6, 6.07) is 12.8. The lowest BCUT2D eigenvalue weighted by atomic mass is 9.85. The predicted octanol–water partition coefficient (Wildman–Crippen LogP) is 3.21. The van der Waals surface area contributed by atoms with Crippen molar-refractivity contribution in [1.82, 2.24) is 4.90 Å². The van der Waals surface area contributed by atoms with Crippen LogP contribution in [0.15, 0.2) is 48.5 Å². The third-order valence-corrected chi connectivity index (χ3v) is 5.77. The molecule has 0 aromatic heterocycles. The van der Waals surface area contributed by atoms with Gasteiger partial charge in [-0.25, -0.2) is 9.59 Å². The Morgan fingerprint density at radius 3 is 2.36 bits per heavy atom. The van der Waals surface area contributed by atoms with Gasteiger partial charge < -0.3 is 14.9 Å². The Morgan fingerprint density at radius 1 is 1.12 bits per heavy atom. The van der Waals surface area contributed by atoms with Crippen LogP contribution in [0.4, 0.5) is 10.5 Å². The number of rotatable bonds is 9. The van der Waals surface area contributed by atoms with E-state index in [1.54, 1.807) is 44.2 Å². The minimum absolute atomic E-state index is 0.0163. The molecule has 0 saturated carbocycles. The molecule has 33 heavy (non-hydrogen) atoms. The van der Waals surface area contributed by atoms with Crippen molar-refractivity contribution < 1.29 is 29.3 Å². The summed E-state index contributed by atoms with van der Waals surface area (Å²) in [6.45, 7) is 6.96. The van der Waals surface area contributed by atoms with E-state index < -0.39 is 24.0 Å². The predicted molar refractivity (Wildman–Crippen MR) is 123 cm³/mol. The van der Waals surface area contributed by atoms with Crippen molar-refractivity contribution in [3.05, 3.63) is 59.7 Å². The zero-order valence-electron chi connectivity index (χ0n) is 19.3. The number of hydrogen-bond acceptors (Lipinski definition) is 5. The highest BCUT2D eigenvalue weighted by molar-refractivity contribution is 6.14. The lowest BCUT2D eigenvalue weighted by Crippen LogP contribution is -2.38. The Labute approximate surface area is 193 Å². The number of carboxylic acid groups (broad SMARTS) is 1. The first kappa shape index (κ1) is 24.3. The van der Waals surface area contributed by atoms with Crippen LogP contribution in [0, 0.1) is 0 Å². The highest BCUT2D eigenvalue weighted by Crippen LogP contribution is 2.32. The number of urea groups is 1. The van der Waals surface area contributed by atoms with Crippen molar-refractivity contribution in [1.29, 1.82) is 0 Å². The van der Waals surface area contributed by atoms with Crippen LogP contribution in [0.25, 0.3) is 0 Å². The van der Waals surface area contributed by atoms with Crippen LogP contribution in [-0.2, 0) is 21.4 Å². The monoisotopic (exact) mass is 454 g/mol. The van der Waals surface area contributed by atoms with Crippen molar-refractivity contribution in [3.63, 3.8) is 0 Å². The zero-order valence-corrected chi connectivity index (χ0v) is 19.3. The molecule has 2 N–H and O–H groups in total. The molecular weight excluding hydrogens is 424 g/mol. The van der Waals surface area contributed by atoms with E-state index in [9.17, 15) is 19.5 Å². The first-order valence-corrected chi connectivity index (χ1v) is 10.9. The quantitative estimate of drug-likeness (QED) is 0.564. The summed E-state index contributed by atoms with van der Waals surface area (Å²) in [4.78, 5) is 40.0. The Kier molecular flexibility index (Phi) is 7.07. The van der Waals surface area contributed by atoms with E-state index in [0.717, 1.165) is 11.1 Å². The third-order valence-electron chi connectivity index (χ3n) is 5.77. The summed E-state index contributed by atoms with van der Waals surface area (Å²) in [6.07, 6.45) is 0.252. The van der Waals surface area contributed by atoms with Crippen molar-refractivity contribution in [2.24, 2.45) is 0 Å². The number of aliphatic carboxylic acids is 1. The van der Waals surface area contributed by atoms with Crippen LogP contribution < -0.4 is 9.64 Å². The average Bonchev–Trinajstić information content (AvgIpc) is 3.02. The number of carbonyl (C=O) groups is 3. The van der Waals surface area contributed by atoms with Gasteiger partial charge in [0.2, 0.25) is 0 Å². The summed E-state index contributed by atoms with van der Waals surface area (Å²) in [5.74, 6) is -0.982. The molecule has 0 aliphatic carbocycles. The van der Waals surface area contributed by atoms with E-state index in [2.05, 4.69) is 0 Å². The van der Waals surface area contributed by atoms with Gasteiger partial charge in [-0.3, -0.25) is 14.6 Å². The Bertz CT molecular complexity index is 1030. The number of amides is 3. The van der Waals surface area contributed by atoms with Gasteiger partial charge in [0.05, 0.1) is 6.61 Å². The van der Waals surface area contributed by atoms with Gasteiger partial charge >= 0.3 is 12.0 Å². The van der Waals surface area contributed by atoms with Gasteiger partial charge in [0.1, 0.15) is 11.8 Å². The number of nitrogens with zero attached hydrogens (tertiary/aromatic N) is 2. The normalized spacial score (nSPS) is 16.6. The Hall–Kier alpha value is -3.39. The van der Waals surface area contributed by atoms with Crippen molar-refractivity contribution >= 4 is 23.6 Å². The second-order valence-corrected chi connectivity index (χ2v) is 9.09. The number of ether oxygens (including phenoxy) is 1. The third kappa shape index (κ3) is 5.17. The Morgan fingerprint density at radius 2 is 1.79 bits per heavy atom. The standard InChI is InChI=1S/C25H30N2O6/c1-16(2)26-23(31)21(13-17-6-5-7-20(12-17)33-14-22(29)30)27(24(26)32)19-10-8-18(9-11-19)25(3,4)15-28/h5-12,16,21,28H,13-15H2,1-4H3,(H,29,30). The molecule has 0 bridgehead atoms. The van der Waals surface area contributed by atoms with Crippen LogP contribution in [-0.4, -0.2) is 58.3 Å². The lowest BCUT2D eigenvalue weighted by Gasteiger charge is -2.25. The number of hydrogen-bond donors (Lipinski definition) is 2. The van der Waals surface area contributed by atoms with Crippen LogP contribution >= 0.6 is 0 Å². The van der Waals surface area contributed by atoms with Crippen LogP contribution in [0.5, 0.6) is 5.75 Å². The molecule has 176 valence electrons. The van der Waals surface area contributed by atoms with E-state index in [1.807, 2.05) is 32.0 Å². The fourth-order valence-electron chi connectivity index (χ4n) is 3.85. The largest absolute Gasteiger partial charge is 0.482 e. The van der Waals surface area contributed by atoms with E-state index in [0.29, 0.717) is 11.4 Å². The van der Waals surface area contributed by atoms with Crippen molar-refractivity contribution in [3.8, 4) is 5.75 Å². The zero-order chi connectivity index (χ0) is 24.3. The maximum absolute atomic E-state index is 13.2. The molecule has 0 radical (unpaired) electrons. The molecule has 1 aliphatic heterocycles. The van der Waals surface area contributed by atoms with E-state index in [-0.39, 0.29) is 31.0 Å². The highest BCUT2D eigenvalue weighted by atomic mass is 16.5. The molecule has 2 aromatic rings. The SMILES string of the molecule is CC(C)N1C(=O)C(Cc2cccc(OCC(=O)O)c2)N(c2ccc(C(C)(C)CO)cc2)C1=O. The smallest absolute Gasteiger partial charge is 0.341 e. The lowest BCUT2D eigenvalue weighted by molar-refractivity contribution is -0.139. The molecule has 1 heterocycles. The summed E-state index contributed by atoms with van der Waals surface area (Å²) in [7, 11) is 0. The summed E-state index contributed by atoms with van der Waals surface area (Å²) >= 11 is 0. The first-order valence-electron chi connectivity index (χ1n) is 10.9. The van der Waals surface area contributed by atoms with Gasteiger partial charge in [-0.1, -0.05) is 38.1 Å². The summed E-state index contributed by atoms with van der Waals surface area (Å²) in [5.41, 5.74) is 1.84. The maximum Gasteiger partial charge on any atom is 0.341 e. The molecule has 1 unspecified atom stereocenters. The number of aliphatic hydroxyl groups is 1.